The highest BCUT2D eigenvalue weighted by atomic mass is 16.5. The summed E-state index contributed by atoms with van der Waals surface area (Å²) in [6.45, 7) is 10.8. The van der Waals surface area contributed by atoms with Gasteiger partial charge in [-0.05, 0) is 64.3 Å². The van der Waals surface area contributed by atoms with Gasteiger partial charge in [0.15, 0.2) is 0 Å². The molecule has 0 bridgehead atoms. The first kappa shape index (κ1) is 35.5. The predicted octanol–water partition coefficient (Wildman–Crippen LogP) is 10.0. The van der Waals surface area contributed by atoms with E-state index >= 15 is 0 Å². The average molecular weight is 661 g/mol. The van der Waals surface area contributed by atoms with Crippen molar-refractivity contribution in [3.8, 4) is 0 Å². The van der Waals surface area contributed by atoms with Crippen LogP contribution < -0.4 is 0 Å². The van der Waals surface area contributed by atoms with Gasteiger partial charge >= 0.3 is 12.1 Å². The first-order valence-corrected chi connectivity index (χ1v) is 17.9. The number of hydrogen-bond acceptors (Lipinski definition) is 6. The molecule has 0 fully saturated rings. The van der Waals surface area contributed by atoms with Crippen LogP contribution in [-0.4, -0.2) is 37.8 Å². The summed E-state index contributed by atoms with van der Waals surface area (Å²) in [6, 6.07) is 21.6. The van der Waals surface area contributed by atoms with Crippen molar-refractivity contribution in [2.24, 2.45) is 0 Å². The first-order valence-electron chi connectivity index (χ1n) is 17.9. The molecule has 0 saturated carbocycles. The second-order valence-corrected chi connectivity index (χ2v) is 12.8. The molecule has 49 heavy (non-hydrogen) atoms. The summed E-state index contributed by atoms with van der Waals surface area (Å²) in [6.07, 6.45) is 12.3. The molecule has 0 N–H and O–H groups in total. The van der Waals surface area contributed by atoms with E-state index in [2.05, 4.69) is 84.5 Å². The Kier molecular flexibility index (Phi) is 12.0. The van der Waals surface area contributed by atoms with Gasteiger partial charge in [0.2, 0.25) is 0 Å². The number of unbranched alkanes of at least 4 members (excludes halogenated alkanes) is 7. The molecule has 0 saturated heterocycles. The van der Waals surface area contributed by atoms with Crippen LogP contribution in [0.2, 0.25) is 0 Å². The van der Waals surface area contributed by atoms with Gasteiger partial charge in [0.05, 0.1) is 40.1 Å². The number of fused-ring (bicyclic) bond motifs is 6. The molecule has 4 aromatic heterocycles. The molecule has 0 amide bonds. The van der Waals surface area contributed by atoms with E-state index < -0.39 is 0 Å². The number of rotatable bonds is 14. The van der Waals surface area contributed by atoms with Crippen molar-refractivity contribution in [2.45, 2.75) is 105 Å². The first-order chi connectivity index (χ1) is 23.9. The van der Waals surface area contributed by atoms with Gasteiger partial charge in [-0.3, -0.25) is 4.98 Å². The number of hydrogen-bond donors (Lipinski definition) is 0. The second kappa shape index (κ2) is 16.5. The van der Waals surface area contributed by atoms with Gasteiger partial charge in [-0.2, -0.15) is 9.59 Å². The van der Waals surface area contributed by atoms with Crippen molar-refractivity contribution >= 4 is 55.7 Å². The molecule has 0 aliphatic rings. The van der Waals surface area contributed by atoms with Gasteiger partial charge in [0.25, 0.3) is 0 Å². The molecule has 1 atom stereocenters. The van der Waals surface area contributed by atoms with Gasteiger partial charge in [0, 0.05) is 27.2 Å². The summed E-state index contributed by atoms with van der Waals surface area (Å²) < 4.78 is 10.4. The zero-order chi connectivity index (χ0) is 34.9. The minimum atomic E-state index is -0.379. The number of para-hydroxylation sites is 2. The molecule has 0 radical (unpaired) electrons. The molecule has 0 spiro atoms. The quantitative estimate of drug-likeness (QED) is 0.0852. The number of carbonyl (C=O) groups excluding carboxylic acids is 3. The maximum absolute atomic E-state index is 12.9. The van der Waals surface area contributed by atoms with E-state index in [-0.39, 0.29) is 18.3 Å². The zero-order valence-electron chi connectivity index (χ0n) is 29.6. The van der Waals surface area contributed by atoms with Crippen LogP contribution in [0.1, 0.15) is 112 Å². The number of aromatic nitrogens is 4. The summed E-state index contributed by atoms with van der Waals surface area (Å²) in [5.74, 6) is -0.379. The van der Waals surface area contributed by atoms with Crippen molar-refractivity contribution in [1.82, 2.24) is 19.1 Å². The van der Waals surface area contributed by atoms with Gasteiger partial charge in [0.1, 0.15) is 11.9 Å². The molecular weight excluding hydrogens is 612 g/mol. The van der Waals surface area contributed by atoms with Crippen LogP contribution in [0.4, 0.5) is 0 Å². The van der Waals surface area contributed by atoms with Crippen LogP contribution in [-0.2, 0) is 20.7 Å². The smallest absolute Gasteiger partial charge is 0.373 e. The van der Waals surface area contributed by atoms with E-state index in [0.717, 1.165) is 58.2 Å². The number of ether oxygens (including phenoxy) is 1. The van der Waals surface area contributed by atoms with Crippen molar-refractivity contribution in [3.05, 3.63) is 83.4 Å². The fraction of sp³-hybridized carbons (Fsp3) is 0.415. The lowest BCUT2D eigenvalue weighted by molar-refractivity contribution is -0.191. The van der Waals surface area contributed by atoms with Gasteiger partial charge in [-0.25, -0.2) is 9.78 Å². The predicted molar refractivity (Wildman–Crippen MR) is 196 cm³/mol. The third-order valence-electron chi connectivity index (χ3n) is 9.54. The van der Waals surface area contributed by atoms with Crippen molar-refractivity contribution in [3.63, 3.8) is 0 Å². The lowest BCUT2D eigenvalue weighted by atomic mass is 10.1. The van der Waals surface area contributed by atoms with Crippen LogP contribution in [0.15, 0.2) is 60.7 Å². The Labute approximate surface area is 288 Å². The SMILES string of the molecule is CCCCCCCCCCC(n1c2ccccc2c2cc(CC)nc(C)c21)n1c2ccccc2c2cc(C(=O)OCC)nc(C)c21.O=C=O. The highest BCUT2D eigenvalue weighted by Gasteiger charge is 2.27. The van der Waals surface area contributed by atoms with Crippen molar-refractivity contribution < 1.29 is 19.1 Å². The Morgan fingerprint density at radius 2 is 1.22 bits per heavy atom. The lowest BCUT2D eigenvalue weighted by Crippen LogP contribution is -2.19. The molecule has 6 aromatic rings. The highest BCUT2D eigenvalue weighted by Crippen LogP contribution is 2.41. The van der Waals surface area contributed by atoms with Gasteiger partial charge < -0.3 is 13.9 Å². The van der Waals surface area contributed by atoms with Crippen LogP contribution in [0.3, 0.4) is 0 Å². The largest absolute Gasteiger partial charge is 0.461 e. The number of pyridine rings is 2. The molecule has 8 heteroatoms. The minimum absolute atomic E-state index is 0.00758. The summed E-state index contributed by atoms with van der Waals surface area (Å²) in [5.41, 5.74) is 8.01. The molecule has 256 valence electrons. The van der Waals surface area contributed by atoms with E-state index in [1.165, 1.54) is 66.8 Å². The third kappa shape index (κ3) is 7.30. The van der Waals surface area contributed by atoms with Crippen LogP contribution >= 0.6 is 0 Å². The van der Waals surface area contributed by atoms with E-state index in [1.54, 1.807) is 0 Å². The van der Waals surface area contributed by atoms with Gasteiger partial charge in [-0.1, -0.05) is 95.2 Å². The standard InChI is InChI=1S/C40H48N4O2.CO2/c1-6-9-10-11-12-13-14-15-24-37(43-35-22-18-16-20-30(35)32-25-29(7-2)41-27(4)38(32)43)44-36-23-19-17-21-31(36)33-26-34(40(45)46-8-3)42-28(5)39(33)44;2-1-3/h16-23,25-26,37H,6-15,24H2,1-5H3;. The number of esters is 1. The molecule has 2 aromatic carbocycles. The number of nitrogens with zero attached hydrogens (tertiary/aromatic N) is 4. The fourth-order valence-electron chi connectivity index (χ4n) is 7.42. The molecule has 6 rings (SSSR count). The molecular formula is C41H48N4O4. The fourth-order valence-corrected chi connectivity index (χ4v) is 7.42. The summed E-state index contributed by atoms with van der Waals surface area (Å²) >= 11 is 0. The Balaban J connectivity index is 0.00000151. The Morgan fingerprint density at radius 1 is 0.714 bits per heavy atom. The molecule has 0 aliphatic heterocycles. The molecule has 0 aliphatic carbocycles. The average Bonchev–Trinajstić information content (AvgIpc) is 3.62. The summed E-state index contributed by atoms with van der Waals surface area (Å²) in [5, 5.41) is 4.69. The third-order valence-corrected chi connectivity index (χ3v) is 9.54. The van der Waals surface area contributed by atoms with Crippen molar-refractivity contribution in [1.29, 1.82) is 0 Å². The Hall–Kier alpha value is -4.81. The van der Waals surface area contributed by atoms with Crippen LogP contribution in [0.5, 0.6) is 0 Å². The minimum Gasteiger partial charge on any atom is -0.461 e. The van der Waals surface area contributed by atoms with E-state index in [1.807, 2.05) is 19.9 Å². The Morgan fingerprint density at radius 3 is 1.78 bits per heavy atom. The normalized spacial score (nSPS) is 11.9. The second-order valence-electron chi connectivity index (χ2n) is 12.8. The highest BCUT2D eigenvalue weighted by molar-refractivity contribution is 6.11. The number of aryl methyl sites for hydroxylation is 3. The summed E-state index contributed by atoms with van der Waals surface area (Å²) in [7, 11) is 0. The van der Waals surface area contributed by atoms with Crippen molar-refractivity contribution in [2.75, 3.05) is 6.61 Å². The van der Waals surface area contributed by atoms with E-state index in [0.29, 0.717) is 12.3 Å². The van der Waals surface area contributed by atoms with Gasteiger partial charge in [-0.15, -0.1) is 0 Å². The maximum Gasteiger partial charge on any atom is 0.373 e. The van der Waals surface area contributed by atoms with Crippen LogP contribution in [0.25, 0.3) is 43.6 Å². The molecule has 8 nitrogen and oxygen atoms in total. The summed E-state index contributed by atoms with van der Waals surface area (Å²) in [4.78, 5) is 39.0. The number of benzene rings is 2. The monoisotopic (exact) mass is 660 g/mol. The topological polar surface area (TPSA) is 96.1 Å². The van der Waals surface area contributed by atoms with E-state index in [4.69, 9.17) is 24.3 Å². The Bertz CT molecular complexity index is 2100. The lowest BCUT2D eigenvalue weighted by Gasteiger charge is -2.26. The zero-order valence-corrected chi connectivity index (χ0v) is 29.6. The molecule has 1 unspecified atom stereocenters. The van der Waals surface area contributed by atoms with E-state index in [9.17, 15) is 4.79 Å². The van der Waals surface area contributed by atoms with Crippen LogP contribution in [0, 0.1) is 13.8 Å². The maximum atomic E-state index is 12.9. The number of carbonyl (C=O) groups is 1. The molecule has 4 heterocycles.